The van der Waals surface area contributed by atoms with Gasteiger partial charge in [0.15, 0.2) is 0 Å². The molecule has 1 N–H and O–H groups in total. The van der Waals surface area contributed by atoms with Gasteiger partial charge in [-0.2, -0.15) is 0 Å². The molecule has 0 heterocycles. The number of nitrogens with zero attached hydrogens (tertiary/aromatic N) is 1. The van der Waals surface area contributed by atoms with Crippen molar-refractivity contribution in [2.75, 3.05) is 20.7 Å². The molecule has 4 nitrogen and oxygen atoms in total. The molecule has 0 fully saturated rings. The fourth-order valence-corrected chi connectivity index (χ4v) is 1.79. The number of benzene rings is 1. The molecule has 0 saturated carbocycles. The van der Waals surface area contributed by atoms with Crippen molar-refractivity contribution in [1.29, 1.82) is 0 Å². The minimum absolute atomic E-state index is 0.0701. The van der Waals surface area contributed by atoms with Crippen LogP contribution < -0.4 is 10.1 Å². The molecule has 0 aliphatic heterocycles. The highest BCUT2D eigenvalue weighted by Crippen LogP contribution is 2.23. The highest BCUT2D eigenvalue weighted by Gasteiger charge is 2.15. The minimum atomic E-state index is 0.0701. The van der Waals surface area contributed by atoms with E-state index in [4.69, 9.17) is 4.74 Å². The lowest BCUT2D eigenvalue weighted by Gasteiger charge is -2.23. The quantitative estimate of drug-likeness (QED) is 0.856. The fraction of sp³-hybridized carbons (Fsp3) is 0.533. The summed E-state index contributed by atoms with van der Waals surface area (Å²) in [5.41, 5.74) is 1.06. The second-order valence-electron chi connectivity index (χ2n) is 4.94. The van der Waals surface area contributed by atoms with Crippen molar-refractivity contribution in [3.05, 3.63) is 29.8 Å². The number of para-hydroxylation sites is 1. The number of carbonyl (C=O) groups excluding carboxylic acids is 1. The van der Waals surface area contributed by atoms with E-state index in [1.54, 1.807) is 12.0 Å². The van der Waals surface area contributed by atoms with Crippen molar-refractivity contribution in [1.82, 2.24) is 10.2 Å². The number of hydrogen-bond donors (Lipinski definition) is 1. The molecule has 106 valence electrons. The minimum Gasteiger partial charge on any atom is -0.496 e. The zero-order chi connectivity index (χ0) is 14.4. The maximum Gasteiger partial charge on any atom is 0.236 e. The third-order valence-corrected chi connectivity index (χ3v) is 3.33. The summed E-state index contributed by atoms with van der Waals surface area (Å²) in [5.74, 6) is 0.934. The smallest absolute Gasteiger partial charge is 0.236 e. The van der Waals surface area contributed by atoms with Gasteiger partial charge in [0.25, 0.3) is 0 Å². The van der Waals surface area contributed by atoms with Crippen molar-refractivity contribution in [3.8, 4) is 5.75 Å². The first-order valence-corrected chi connectivity index (χ1v) is 6.59. The second kappa shape index (κ2) is 7.14. The van der Waals surface area contributed by atoms with E-state index in [2.05, 4.69) is 5.32 Å². The van der Waals surface area contributed by atoms with Crippen molar-refractivity contribution in [3.63, 3.8) is 0 Å². The van der Waals surface area contributed by atoms with Gasteiger partial charge in [-0.15, -0.1) is 0 Å². The van der Waals surface area contributed by atoms with Crippen molar-refractivity contribution in [2.24, 2.45) is 0 Å². The zero-order valence-corrected chi connectivity index (χ0v) is 12.4. The molecule has 1 rings (SSSR count). The molecule has 0 aromatic heterocycles. The van der Waals surface area contributed by atoms with Gasteiger partial charge in [0, 0.05) is 24.7 Å². The molecule has 1 amide bonds. The number of carbonyl (C=O) groups is 1. The summed E-state index contributed by atoms with van der Waals surface area (Å²) in [6.45, 7) is 6.36. The Labute approximate surface area is 115 Å². The molecule has 1 atom stereocenters. The van der Waals surface area contributed by atoms with E-state index in [9.17, 15) is 4.79 Å². The molecular weight excluding hydrogens is 240 g/mol. The summed E-state index contributed by atoms with van der Waals surface area (Å²) in [7, 11) is 3.48. The van der Waals surface area contributed by atoms with Crippen LogP contribution in [0.1, 0.15) is 32.4 Å². The van der Waals surface area contributed by atoms with E-state index in [0.717, 1.165) is 11.3 Å². The van der Waals surface area contributed by atoms with Crippen LogP contribution in [0.2, 0.25) is 0 Å². The van der Waals surface area contributed by atoms with Crippen molar-refractivity contribution >= 4 is 5.91 Å². The summed E-state index contributed by atoms with van der Waals surface area (Å²) in [6, 6.07) is 8.13. The molecule has 19 heavy (non-hydrogen) atoms. The summed E-state index contributed by atoms with van der Waals surface area (Å²) in [6.07, 6.45) is 0. The van der Waals surface area contributed by atoms with Gasteiger partial charge in [-0.1, -0.05) is 18.2 Å². The lowest BCUT2D eigenvalue weighted by atomic mass is 10.1. The first-order chi connectivity index (χ1) is 8.97. The number of likely N-dealkylation sites (N-methyl/N-ethyl adjacent to an activating group) is 1. The van der Waals surface area contributed by atoms with Crippen LogP contribution in [-0.4, -0.2) is 37.6 Å². The molecular formula is C15H24N2O2. The van der Waals surface area contributed by atoms with Gasteiger partial charge < -0.3 is 15.0 Å². The van der Waals surface area contributed by atoms with Crippen LogP contribution in [0.15, 0.2) is 24.3 Å². The summed E-state index contributed by atoms with van der Waals surface area (Å²) < 4.78 is 5.32. The number of nitrogens with one attached hydrogen (secondary N) is 1. The van der Waals surface area contributed by atoms with E-state index in [1.807, 2.05) is 52.1 Å². The Morgan fingerprint density at radius 3 is 2.53 bits per heavy atom. The van der Waals surface area contributed by atoms with Crippen LogP contribution in [0, 0.1) is 0 Å². The van der Waals surface area contributed by atoms with Crippen LogP contribution in [0.3, 0.4) is 0 Å². The average Bonchev–Trinajstić information content (AvgIpc) is 2.43. The Morgan fingerprint density at radius 1 is 1.32 bits per heavy atom. The van der Waals surface area contributed by atoms with E-state index in [0.29, 0.717) is 6.54 Å². The van der Waals surface area contributed by atoms with Crippen LogP contribution >= 0.6 is 0 Å². The van der Waals surface area contributed by atoms with Gasteiger partial charge in [-0.3, -0.25) is 4.79 Å². The maximum absolute atomic E-state index is 11.9. The Hall–Kier alpha value is -1.55. The number of rotatable bonds is 6. The van der Waals surface area contributed by atoms with Gasteiger partial charge in [-0.25, -0.2) is 0 Å². The Morgan fingerprint density at radius 2 is 1.95 bits per heavy atom. The van der Waals surface area contributed by atoms with Crippen molar-refractivity contribution < 1.29 is 9.53 Å². The van der Waals surface area contributed by atoms with Crippen LogP contribution in [0.25, 0.3) is 0 Å². The predicted molar refractivity (Wildman–Crippen MR) is 77.3 cm³/mol. The Balaban J connectivity index is 2.60. The van der Waals surface area contributed by atoms with Gasteiger partial charge in [0.1, 0.15) is 5.75 Å². The highest BCUT2D eigenvalue weighted by atomic mass is 16.5. The third-order valence-electron chi connectivity index (χ3n) is 3.33. The van der Waals surface area contributed by atoms with Crippen molar-refractivity contribution in [2.45, 2.75) is 32.9 Å². The molecule has 4 heteroatoms. The third kappa shape index (κ3) is 4.24. The fourth-order valence-electron chi connectivity index (χ4n) is 1.79. The number of methoxy groups -OCH3 is 1. The summed E-state index contributed by atoms with van der Waals surface area (Å²) in [4.78, 5) is 13.6. The molecule has 0 aliphatic rings. The monoisotopic (exact) mass is 264 g/mol. The van der Waals surface area contributed by atoms with Crippen LogP contribution in [-0.2, 0) is 4.79 Å². The lowest BCUT2D eigenvalue weighted by Crippen LogP contribution is -2.40. The molecule has 1 aromatic carbocycles. The highest BCUT2D eigenvalue weighted by molar-refractivity contribution is 5.78. The van der Waals surface area contributed by atoms with Gasteiger partial charge in [0.05, 0.1) is 13.7 Å². The molecule has 0 radical (unpaired) electrons. The average molecular weight is 264 g/mol. The van der Waals surface area contributed by atoms with E-state index in [1.165, 1.54) is 0 Å². The normalized spacial score (nSPS) is 12.3. The zero-order valence-electron chi connectivity index (χ0n) is 12.4. The topological polar surface area (TPSA) is 41.6 Å². The second-order valence-corrected chi connectivity index (χ2v) is 4.94. The molecule has 0 unspecified atom stereocenters. The SMILES string of the molecule is COc1ccccc1[C@H](C)NCC(=O)N(C)C(C)C. The standard InChI is InChI=1S/C15H24N2O2/c1-11(2)17(4)15(18)10-16-12(3)13-8-6-7-9-14(13)19-5/h6-9,11-12,16H,10H2,1-5H3/t12-/m0/s1. The van der Waals surface area contributed by atoms with E-state index < -0.39 is 0 Å². The van der Waals surface area contributed by atoms with E-state index >= 15 is 0 Å². The Bertz CT molecular complexity index is 418. The molecule has 1 aromatic rings. The van der Waals surface area contributed by atoms with E-state index in [-0.39, 0.29) is 18.0 Å². The predicted octanol–water partition coefficient (Wildman–Crippen LogP) is 2.21. The maximum atomic E-state index is 11.9. The Kier molecular flexibility index (Phi) is 5.83. The first kappa shape index (κ1) is 15.5. The molecule has 0 bridgehead atoms. The summed E-state index contributed by atoms with van der Waals surface area (Å²) in [5, 5.41) is 3.24. The largest absolute Gasteiger partial charge is 0.496 e. The number of ether oxygens (including phenoxy) is 1. The number of hydrogen-bond acceptors (Lipinski definition) is 3. The van der Waals surface area contributed by atoms with Crippen LogP contribution in [0.4, 0.5) is 0 Å². The molecule has 0 saturated heterocycles. The van der Waals surface area contributed by atoms with Gasteiger partial charge in [0.2, 0.25) is 5.91 Å². The van der Waals surface area contributed by atoms with Gasteiger partial charge >= 0.3 is 0 Å². The summed E-state index contributed by atoms with van der Waals surface area (Å²) >= 11 is 0. The lowest BCUT2D eigenvalue weighted by molar-refractivity contribution is -0.130. The molecule has 0 spiro atoms. The first-order valence-electron chi connectivity index (χ1n) is 6.59. The number of amides is 1. The van der Waals surface area contributed by atoms with Crippen LogP contribution in [0.5, 0.6) is 5.75 Å². The molecule has 0 aliphatic carbocycles. The van der Waals surface area contributed by atoms with Gasteiger partial charge in [-0.05, 0) is 26.8 Å².